The van der Waals surface area contributed by atoms with Crippen LogP contribution in [-0.2, 0) is 9.53 Å². The van der Waals surface area contributed by atoms with Crippen LogP contribution in [0.2, 0.25) is 0 Å². The molecule has 2 aliphatic heterocycles. The third-order valence-electron chi connectivity index (χ3n) is 4.59. The Balaban J connectivity index is 1.63. The minimum Gasteiger partial charge on any atom is -0.375 e. The molecule has 0 unspecified atom stereocenters. The molecule has 2 fully saturated rings. The number of carbonyl (C=O) groups is 1. The van der Waals surface area contributed by atoms with E-state index in [0.717, 1.165) is 44.8 Å². The van der Waals surface area contributed by atoms with Gasteiger partial charge in [-0.2, -0.15) is 0 Å². The van der Waals surface area contributed by atoms with Gasteiger partial charge in [-0.15, -0.1) is 0 Å². The Bertz CT molecular complexity index is 469. The number of piperidine rings is 1. The highest BCUT2D eigenvalue weighted by Crippen LogP contribution is 2.37. The van der Waals surface area contributed by atoms with Crippen LogP contribution in [-0.4, -0.2) is 45.7 Å². The van der Waals surface area contributed by atoms with Crippen molar-refractivity contribution in [3.8, 4) is 0 Å². The highest BCUT2D eigenvalue weighted by Gasteiger charge is 2.42. The molecule has 5 nitrogen and oxygen atoms in total. The fourth-order valence-electron chi connectivity index (χ4n) is 3.10. The Morgan fingerprint density at radius 1 is 1.42 bits per heavy atom. The van der Waals surface area contributed by atoms with E-state index in [0.29, 0.717) is 0 Å². The molecule has 1 aromatic rings. The average Bonchev–Trinajstić information content (AvgIpc) is 2.81. The summed E-state index contributed by atoms with van der Waals surface area (Å²) in [6, 6.07) is -0.168. The second kappa shape index (κ2) is 4.63. The minimum atomic E-state index is -0.168. The van der Waals surface area contributed by atoms with Crippen molar-refractivity contribution in [2.45, 2.75) is 44.8 Å². The Morgan fingerprint density at radius 3 is 2.58 bits per heavy atom. The van der Waals surface area contributed by atoms with E-state index in [1.165, 1.54) is 0 Å². The molecule has 0 radical (unpaired) electrons. The molecule has 5 heteroatoms. The van der Waals surface area contributed by atoms with Crippen LogP contribution in [0.1, 0.15) is 38.1 Å². The Labute approximate surface area is 113 Å². The number of aryl methyl sites for hydroxylation is 1. The van der Waals surface area contributed by atoms with Crippen LogP contribution in [0, 0.1) is 6.92 Å². The first kappa shape index (κ1) is 12.7. The number of amides is 1. The molecule has 0 aliphatic carbocycles. The molecular formula is C14H21N3O2. The Hall–Kier alpha value is -1.36. The quantitative estimate of drug-likeness (QED) is 0.813. The van der Waals surface area contributed by atoms with Gasteiger partial charge in [0.15, 0.2) is 0 Å². The number of carbonyl (C=O) groups excluding carboxylic acids is 1. The largest absolute Gasteiger partial charge is 0.375 e. The molecule has 3 rings (SSSR count). The molecule has 0 N–H and O–H groups in total. The Morgan fingerprint density at radius 2 is 2.11 bits per heavy atom. The normalized spacial score (nSPS) is 23.2. The van der Waals surface area contributed by atoms with Crippen molar-refractivity contribution >= 4 is 5.91 Å². The van der Waals surface area contributed by atoms with Gasteiger partial charge in [0, 0.05) is 25.5 Å². The third-order valence-corrected chi connectivity index (χ3v) is 4.59. The molecule has 1 amide bonds. The van der Waals surface area contributed by atoms with E-state index in [2.05, 4.69) is 4.98 Å². The van der Waals surface area contributed by atoms with E-state index in [1.54, 1.807) is 6.20 Å². The van der Waals surface area contributed by atoms with Crippen LogP contribution in [0.5, 0.6) is 0 Å². The smallest absolute Gasteiger partial charge is 0.245 e. The average molecular weight is 263 g/mol. The highest BCUT2D eigenvalue weighted by molar-refractivity contribution is 5.80. The lowest BCUT2D eigenvalue weighted by Crippen LogP contribution is -2.54. The summed E-state index contributed by atoms with van der Waals surface area (Å²) < 4.78 is 7.62. The van der Waals surface area contributed by atoms with Crippen LogP contribution in [0.4, 0.5) is 0 Å². The lowest BCUT2D eigenvalue weighted by molar-refractivity contribution is -0.177. The van der Waals surface area contributed by atoms with E-state index in [9.17, 15) is 4.79 Å². The molecule has 19 heavy (non-hydrogen) atoms. The predicted octanol–water partition coefficient (Wildman–Crippen LogP) is 1.53. The molecule has 0 bridgehead atoms. The molecule has 1 aromatic heterocycles. The van der Waals surface area contributed by atoms with E-state index in [4.69, 9.17) is 4.74 Å². The van der Waals surface area contributed by atoms with Gasteiger partial charge in [-0.1, -0.05) is 0 Å². The monoisotopic (exact) mass is 263 g/mol. The number of nitrogens with zero attached hydrogens (tertiary/aromatic N) is 3. The van der Waals surface area contributed by atoms with Gasteiger partial charge in [-0.25, -0.2) is 4.98 Å². The van der Waals surface area contributed by atoms with Gasteiger partial charge in [0.2, 0.25) is 5.91 Å². The molecule has 0 aromatic carbocycles. The first-order chi connectivity index (χ1) is 9.11. The van der Waals surface area contributed by atoms with Gasteiger partial charge < -0.3 is 14.2 Å². The van der Waals surface area contributed by atoms with Crippen LogP contribution in [0.15, 0.2) is 12.4 Å². The summed E-state index contributed by atoms with van der Waals surface area (Å²) in [6.45, 7) is 6.39. The number of ether oxygens (including phenoxy) is 1. The molecule has 1 spiro atoms. The van der Waals surface area contributed by atoms with E-state index in [1.807, 2.05) is 29.5 Å². The summed E-state index contributed by atoms with van der Waals surface area (Å²) in [5.74, 6) is 1.08. The van der Waals surface area contributed by atoms with Crippen molar-refractivity contribution in [1.29, 1.82) is 0 Å². The summed E-state index contributed by atoms with van der Waals surface area (Å²) in [7, 11) is 0. The van der Waals surface area contributed by atoms with Crippen molar-refractivity contribution in [2.24, 2.45) is 0 Å². The maximum atomic E-state index is 12.5. The predicted molar refractivity (Wildman–Crippen MR) is 70.8 cm³/mol. The second-order valence-electron chi connectivity index (χ2n) is 5.66. The maximum absolute atomic E-state index is 12.5. The molecule has 2 aliphatic rings. The van der Waals surface area contributed by atoms with Crippen LogP contribution in [0.25, 0.3) is 0 Å². The zero-order valence-electron chi connectivity index (χ0n) is 11.6. The van der Waals surface area contributed by atoms with Crippen LogP contribution in [0.3, 0.4) is 0 Å². The summed E-state index contributed by atoms with van der Waals surface area (Å²) in [5.41, 5.74) is 0.102. The van der Waals surface area contributed by atoms with Crippen molar-refractivity contribution in [2.75, 3.05) is 19.7 Å². The number of hydrogen-bond donors (Lipinski definition) is 0. The van der Waals surface area contributed by atoms with Crippen molar-refractivity contribution in [1.82, 2.24) is 14.5 Å². The van der Waals surface area contributed by atoms with Crippen LogP contribution >= 0.6 is 0 Å². The SMILES string of the molecule is Cc1nccn1[C@H](C)C(=O)N1CCC2(CCO2)CC1. The lowest BCUT2D eigenvalue weighted by Gasteiger charge is -2.47. The molecule has 104 valence electrons. The summed E-state index contributed by atoms with van der Waals surface area (Å²) in [6.07, 6.45) is 6.73. The maximum Gasteiger partial charge on any atom is 0.245 e. The molecule has 0 saturated carbocycles. The zero-order chi connectivity index (χ0) is 13.5. The second-order valence-corrected chi connectivity index (χ2v) is 5.66. The highest BCUT2D eigenvalue weighted by atomic mass is 16.5. The fraction of sp³-hybridized carbons (Fsp3) is 0.714. The van der Waals surface area contributed by atoms with Gasteiger partial charge in [0.25, 0.3) is 0 Å². The first-order valence-electron chi connectivity index (χ1n) is 7.03. The summed E-state index contributed by atoms with van der Waals surface area (Å²) in [4.78, 5) is 18.7. The number of aromatic nitrogens is 2. The minimum absolute atomic E-state index is 0.102. The van der Waals surface area contributed by atoms with Gasteiger partial charge in [-0.05, 0) is 33.1 Å². The Kier molecular flexibility index (Phi) is 3.09. The van der Waals surface area contributed by atoms with E-state index in [-0.39, 0.29) is 17.6 Å². The van der Waals surface area contributed by atoms with E-state index < -0.39 is 0 Å². The fourth-order valence-corrected chi connectivity index (χ4v) is 3.10. The van der Waals surface area contributed by atoms with Crippen molar-refractivity contribution in [3.05, 3.63) is 18.2 Å². The summed E-state index contributed by atoms with van der Waals surface area (Å²) >= 11 is 0. The molecular weight excluding hydrogens is 242 g/mol. The van der Waals surface area contributed by atoms with Crippen molar-refractivity contribution in [3.63, 3.8) is 0 Å². The standard InChI is InChI=1S/C14H21N3O2/c1-11(17-9-6-15-12(17)2)13(18)16-7-3-14(4-8-16)5-10-19-14/h6,9,11H,3-5,7-8,10H2,1-2H3/t11-/m1/s1. The number of rotatable bonds is 2. The van der Waals surface area contributed by atoms with Gasteiger partial charge in [0.1, 0.15) is 11.9 Å². The number of imidazole rings is 1. The lowest BCUT2D eigenvalue weighted by atomic mass is 9.84. The third kappa shape index (κ3) is 2.16. The van der Waals surface area contributed by atoms with Gasteiger partial charge in [-0.3, -0.25) is 4.79 Å². The number of likely N-dealkylation sites (tertiary alicyclic amines) is 1. The van der Waals surface area contributed by atoms with E-state index >= 15 is 0 Å². The molecule has 2 saturated heterocycles. The topological polar surface area (TPSA) is 47.4 Å². The molecule has 1 atom stereocenters. The van der Waals surface area contributed by atoms with Crippen LogP contribution < -0.4 is 0 Å². The van der Waals surface area contributed by atoms with Gasteiger partial charge in [0.05, 0.1) is 12.2 Å². The first-order valence-corrected chi connectivity index (χ1v) is 7.03. The molecule has 3 heterocycles. The van der Waals surface area contributed by atoms with Crippen molar-refractivity contribution < 1.29 is 9.53 Å². The summed E-state index contributed by atoms with van der Waals surface area (Å²) in [5, 5.41) is 0. The number of hydrogen-bond acceptors (Lipinski definition) is 3. The zero-order valence-corrected chi connectivity index (χ0v) is 11.6. The van der Waals surface area contributed by atoms with Gasteiger partial charge >= 0.3 is 0 Å².